The van der Waals surface area contributed by atoms with Crippen LogP contribution in [0.4, 0.5) is 0 Å². The molecular formula is C18H21NO3S. The van der Waals surface area contributed by atoms with E-state index in [1.807, 2.05) is 31.2 Å². The molecule has 1 unspecified atom stereocenters. The molecule has 2 aromatic rings. The van der Waals surface area contributed by atoms with Crippen molar-refractivity contribution in [3.05, 3.63) is 59.7 Å². The second-order valence-electron chi connectivity index (χ2n) is 5.86. The number of hydrogen-bond acceptors (Lipinski definition) is 3. The molecule has 23 heavy (non-hydrogen) atoms. The minimum atomic E-state index is -3.49. The molecule has 1 atom stereocenters. The van der Waals surface area contributed by atoms with Crippen molar-refractivity contribution in [2.45, 2.75) is 30.7 Å². The highest BCUT2D eigenvalue weighted by molar-refractivity contribution is 7.89. The lowest BCUT2D eigenvalue weighted by Gasteiger charge is -2.24. The minimum absolute atomic E-state index is 0.0808. The summed E-state index contributed by atoms with van der Waals surface area (Å²) in [7, 11) is -1.93. The third-order valence-corrected chi connectivity index (χ3v) is 6.25. The van der Waals surface area contributed by atoms with Crippen LogP contribution >= 0.6 is 0 Å². The first kappa shape index (κ1) is 16.0. The fourth-order valence-electron chi connectivity index (χ4n) is 3.03. The number of benzene rings is 2. The average molecular weight is 331 g/mol. The molecule has 1 heterocycles. The van der Waals surface area contributed by atoms with Crippen molar-refractivity contribution >= 4 is 10.0 Å². The number of sulfonamides is 1. The molecule has 0 aliphatic carbocycles. The number of hydrogen-bond donors (Lipinski definition) is 0. The molecule has 0 bridgehead atoms. The Labute approximate surface area is 137 Å². The van der Waals surface area contributed by atoms with Gasteiger partial charge in [-0.3, -0.25) is 0 Å². The van der Waals surface area contributed by atoms with E-state index in [0.29, 0.717) is 17.2 Å². The zero-order valence-corrected chi connectivity index (χ0v) is 14.2. The molecular weight excluding hydrogens is 310 g/mol. The first-order valence-electron chi connectivity index (χ1n) is 7.75. The first-order valence-corrected chi connectivity index (χ1v) is 9.19. The molecule has 3 rings (SSSR count). The Morgan fingerprint density at radius 1 is 1.04 bits per heavy atom. The quantitative estimate of drug-likeness (QED) is 0.861. The number of aryl methyl sites for hydroxylation is 1. The second kappa shape index (κ2) is 6.34. The fraction of sp³-hybridized carbons (Fsp3) is 0.333. The van der Waals surface area contributed by atoms with Crippen molar-refractivity contribution in [3.8, 4) is 5.75 Å². The van der Waals surface area contributed by atoms with Crippen LogP contribution in [-0.4, -0.2) is 26.4 Å². The molecule has 0 saturated carbocycles. The molecule has 4 nitrogen and oxygen atoms in total. The van der Waals surface area contributed by atoms with E-state index in [-0.39, 0.29) is 6.04 Å². The second-order valence-corrected chi connectivity index (χ2v) is 7.75. The molecule has 2 aromatic carbocycles. The maximum absolute atomic E-state index is 13.0. The van der Waals surface area contributed by atoms with Crippen LogP contribution in [0.1, 0.15) is 30.0 Å². The van der Waals surface area contributed by atoms with Gasteiger partial charge in [-0.15, -0.1) is 0 Å². The maximum Gasteiger partial charge on any atom is 0.243 e. The van der Waals surface area contributed by atoms with E-state index < -0.39 is 10.0 Å². The van der Waals surface area contributed by atoms with E-state index in [9.17, 15) is 8.42 Å². The van der Waals surface area contributed by atoms with Gasteiger partial charge < -0.3 is 4.74 Å². The summed E-state index contributed by atoms with van der Waals surface area (Å²) in [6.07, 6.45) is 1.74. The van der Waals surface area contributed by atoms with E-state index in [1.54, 1.807) is 35.7 Å². The molecule has 0 aromatic heterocycles. The highest BCUT2D eigenvalue weighted by Gasteiger charge is 2.36. The van der Waals surface area contributed by atoms with Gasteiger partial charge in [0.1, 0.15) is 5.75 Å². The van der Waals surface area contributed by atoms with Crippen LogP contribution in [-0.2, 0) is 10.0 Å². The van der Waals surface area contributed by atoms with E-state index in [2.05, 4.69) is 0 Å². The summed E-state index contributed by atoms with van der Waals surface area (Å²) in [6, 6.07) is 14.6. The minimum Gasteiger partial charge on any atom is -0.497 e. The van der Waals surface area contributed by atoms with Gasteiger partial charge in [0.25, 0.3) is 0 Å². The van der Waals surface area contributed by atoms with Crippen molar-refractivity contribution in [1.29, 1.82) is 0 Å². The summed E-state index contributed by atoms with van der Waals surface area (Å²) >= 11 is 0. The fourth-order valence-corrected chi connectivity index (χ4v) is 4.72. The Morgan fingerprint density at radius 3 is 2.30 bits per heavy atom. The van der Waals surface area contributed by atoms with Crippen LogP contribution in [0.2, 0.25) is 0 Å². The zero-order valence-electron chi connectivity index (χ0n) is 13.4. The molecule has 1 aliphatic heterocycles. The molecule has 122 valence electrons. The highest BCUT2D eigenvalue weighted by atomic mass is 32.2. The van der Waals surface area contributed by atoms with E-state index in [4.69, 9.17) is 4.74 Å². The Balaban J connectivity index is 1.92. The lowest BCUT2D eigenvalue weighted by Crippen LogP contribution is -2.30. The largest absolute Gasteiger partial charge is 0.497 e. The molecule has 0 radical (unpaired) electrons. The van der Waals surface area contributed by atoms with Crippen molar-refractivity contribution in [2.24, 2.45) is 0 Å². The normalized spacial score (nSPS) is 19.0. The summed E-state index contributed by atoms with van der Waals surface area (Å²) < 4.78 is 32.7. The Bertz CT molecular complexity index is 767. The standard InChI is InChI=1S/C18H21NO3S/c1-14-5-7-15(8-6-14)18-4-3-13-19(18)23(20,21)17-11-9-16(22-2)10-12-17/h5-12,18H,3-4,13H2,1-2H3. The predicted octanol–water partition coefficient (Wildman–Crippen LogP) is 3.53. The summed E-state index contributed by atoms with van der Waals surface area (Å²) in [5, 5.41) is 0. The van der Waals surface area contributed by atoms with E-state index in [1.165, 1.54) is 5.56 Å². The summed E-state index contributed by atoms with van der Waals surface area (Å²) in [5.74, 6) is 0.653. The topological polar surface area (TPSA) is 46.6 Å². The van der Waals surface area contributed by atoms with Gasteiger partial charge in [-0.05, 0) is 49.6 Å². The molecule has 1 aliphatic rings. The van der Waals surface area contributed by atoms with Crippen LogP contribution in [0.25, 0.3) is 0 Å². The molecule has 1 saturated heterocycles. The Hall–Kier alpha value is -1.85. The van der Waals surface area contributed by atoms with Gasteiger partial charge in [0, 0.05) is 6.54 Å². The van der Waals surface area contributed by atoms with Crippen LogP contribution in [0, 0.1) is 6.92 Å². The van der Waals surface area contributed by atoms with Crippen molar-refractivity contribution in [3.63, 3.8) is 0 Å². The molecule has 1 fully saturated rings. The first-order chi connectivity index (χ1) is 11.0. The highest BCUT2D eigenvalue weighted by Crippen LogP contribution is 2.36. The van der Waals surface area contributed by atoms with Gasteiger partial charge in [0.05, 0.1) is 18.0 Å². The van der Waals surface area contributed by atoms with Gasteiger partial charge in [-0.25, -0.2) is 8.42 Å². The third-order valence-electron chi connectivity index (χ3n) is 4.33. The van der Waals surface area contributed by atoms with Gasteiger partial charge in [-0.2, -0.15) is 4.31 Å². The monoisotopic (exact) mass is 331 g/mol. The maximum atomic E-state index is 13.0. The van der Waals surface area contributed by atoms with Crippen LogP contribution in [0.5, 0.6) is 5.75 Å². The number of rotatable bonds is 4. The molecule has 0 amide bonds. The van der Waals surface area contributed by atoms with Crippen LogP contribution in [0.15, 0.2) is 53.4 Å². The molecule has 0 spiro atoms. The average Bonchev–Trinajstić information content (AvgIpc) is 3.06. The summed E-state index contributed by atoms with van der Waals surface area (Å²) in [5.41, 5.74) is 2.24. The van der Waals surface area contributed by atoms with Crippen molar-refractivity contribution in [1.82, 2.24) is 4.31 Å². The van der Waals surface area contributed by atoms with E-state index in [0.717, 1.165) is 18.4 Å². The lowest BCUT2D eigenvalue weighted by molar-refractivity contribution is 0.396. The van der Waals surface area contributed by atoms with Crippen LogP contribution < -0.4 is 4.74 Å². The number of methoxy groups -OCH3 is 1. The SMILES string of the molecule is COc1ccc(S(=O)(=O)N2CCCC2c2ccc(C)cc2)cc1. The van der Waals surface area contributed by atoms with E-state index >= 15 is 0 Å². The lowest BCUT2D eigenvalue weighted by atomic mass is 10.0. The van der Waals surface area contributed by atoms with Gasteiger partial charge in [-0.1, -0.05) is 29.8 Å². The summed E-state index contributed by atoms with van der Waals surface area (Å²) in [6.45, 7) is 2.59. The molecule has 5 heteroatoms. The number of ether oxygens (including phenoxy) is 1. The predicted molar refractivity (Wildman–Crippen MR) is 90.0 cm³/mol. The summed E-state index contributed by atoms with van der Waals surface area (Å²) in [4.78, 5) is 0.317. The Kier molecular flexibility index (Phi) is 4.41. The molecule has 0 N–H and O–H groups in total. The van der Waals surface area contributed by atoms with Crippen molar-refractivity contribution < 1.29 is 13.2 Å². The zero-order chi connectivity index (χ0) is 16.4. The smallest absolute Gasteiger partial charge is 0.243 e. The van der Waals surface area contributed by atoms with Crippen molar-refractivity contribution in [2.75, 3.05) is 13.7 Å². The number of nitrogens with zero attached hydrogens (tertiary/aromatic N) is 1. The van der Waals surface area contributed by atoms with Gasteiger partial charge >= 0.3 is 0 Å². The van der Waals surface area contributed by atoms with Crippen LogP contribution in [0.3, 0.4) is 0 Å². The Morgan fingerprint density at radius 2 is 1.70 bits per heavy atom. The van der Waals surface area contributed by atoms with Gasteiger partial charge in [0.2, 0.25) is 10.0 Å². The van der Waals surface area contributed by atoms with Gasteiger partial charge in [0.15, 0.2) is 0 Å². The third kappa shape index (κ3) is 3.12.